The summed E-state index contributed by atoms with van der Waals surface area (Å²) in [7, 11) is 0. The molecule has 1 N–H and O–H groups in total. The number of likely N-dealkylation sites (tertiary alicyclic amines) is 1. The zero-order chi connectivity index (χ0) is 33.5. The number of aliphatic hydroxyl groups is 1. The number of hydrogen-bond donors (Lipinski definition) is 1. The first-order chi connectivity index (χ1) is 21.1. The van der Waals surface area contributed by atoms with Gasteiger partial charge in [-0.05, 0) is 56.1 Å². The Kier molecular flexibility index (Phi) is 10.4. The lowest BCUT2D eigenvalue weighted by Crippen LogP contribution is -2.63. The predicted molar refractivity (Wildman–Crippen MR) is 185 cm³/mol. The molecule has 2 bridgehead atoms. The van der Waals surface area contributed by atoms with E-state index in [1.807, 2.05) is 49.1 Å². The summed E-state index contributed by atoms with van der Waals surface area (Å²) in [6.45, 7) is 25.3. The highest BCUT2D eigenvalue weighted by molar-refractivity contribution is 8.02. The van der Waals surface area contributed by atoms with Crippen molar-refractivity contribution in [3.05, 3.63) is 55.6 Å². The first-order valence-corrected chi connectivity index (χ1v) is 17.5. The maximum Gasteiger partial charge on any atom is 0.247 e. The van der Waals surface area contributed by atoms with Gasteiger partial charge in [0.15, 0.2) is 0 Å². The summed E-state index contributed by atoms with van der Waals surface area (Å²) in [5.74, 6) is -1.63. The van der Waals surface area contributed by atoms with Crippen LogP contribution in [0.1, 0.15) is 74.7 Å². The summed E-state index contributed by atoms with van der Waals surface area (Å²) in [5.41, 5.74) is 0.198. The van der Waals surface area contributed by atoms with Crippen LogP contribution in [0.5, 0.6) is 0 Å². The van der Waals surface area contributed by atoms with Crippen LogP contribution in [-0.2, 0) is 14.4 Å². The molecule has 3 aliphatic rings. The van der Waals surface area contributed by atoms with E-state index in [0.29, 0.717) is 13.1 Å². The van der Waals surface area contributed by atoms with Gasteiger partial charge in [-0.25, -0.2) is 0 Å². The molecule has 248 valence electrons. The standard InChI is InChI=1S/C37H55N3O4S/c1-11-19-38(26-17-15-14-16-18-26)32(42)29-28-21-25(5)37(45-28)30(29)33(43)40(27(22-41)24(4)13-3)31(37)34(44)39(20-12-2)36(9,10)23-35(6,7)8/h11-12,14-18,24-25,27-31,41H,1-2,13,19-23H2,3-10H3/t24-,25?,27-,28+,29-,30-,31?,37?/m0/s1. The molecule has 3 heterocycles. The van der Waals surface area contributed by atoms with Gasteiger partial charge < -0.3 is 19.8 Å². The highest BCUT2D eigenvalue weighted by atomic mass is 32.2. The highest BCUT2D eigenvalue weighted by Gasteiger charge is 2.77. The number of carbonyl (C=O) groups is 3. The minimum absolute atomic E-state index is 0.0293. The summed E-state index contributed by atoms with van der Waals surface area (Å²) in [5, 5.41) is 10.7. The van der Waals surface area contributed by atoms with Gasteiger partial charge in [0, 0.05) is 29.6 Å². The van der Waals surface area contributed by atoms with Gasteiger partial charge in [-0.1, -0.05) is 78.3 Å². The van der Waals surface area contributed by atoms with E-state index < -0.39 is 34.2 Å². The summed E-state index contributed by atoms with van der Waals surface area (Å²) in [4.78, 5) is 50.2. The van der Waals surface area contributed by atoms with E-state index in [-0.39, 0.29) is 46.8 Å². The maximum atomic E-state index is 15.2. The maximum absolute atomic E-state index is 15.2. The Hall–Kier alpha value is -2.58. The third-order valence-corrected chi connectivity index (χ3v) is 12.5. The first-order valence-electron chi connectivity index (χ1n) is 16.6. The number of nitrogens with zero attached hydrogens (tertiary/aromatic N) is 3. The number of para-hydroxylation sites is 1. The first kappa shape index (κ1) is 35.3. The van der Waals surface area contributed by atoms with Crippen molar-refractivity contribution in [1.29, 1.82) is 0 Å². The molecule has 0 saturated carbocycles. The van der Waals surface area contributed by atoms with Gasteiger partial charge in [0.2, 0.25) is 17.7 Å². The third-order valence-electron chi connectivity index (χ3n) is 10.5. The van der Waals surface area contributed by atoms with Crippen LogP contribution in [0.2, 0.25) is 0 Å². The molecule has 1 aromatic rings. The van der Waals surface area contributed by atoms with Crippen LogP contribution >= 0.6 is 11.8 Å². The van der Waals surface area contributed by atoms with Gasteiger partial charge >= 0.3 is 0 Å². The van der Waals surface area contributed by atoms with E-state index in [1.165, 1.54) is 0 Å². The van der Waals surface area contributed by atoms with Gasteiger partial charge in [-0.3, -0.25) is 14.4 Å². The molecule has 8 heteroatoms. The average molecular weight is 638 g/mol. The van der Waals surface area contributed by atoms with E-state index >= 15 is 4.79 Å². The van der Waals surface area contributed by atoms with E-state index in [4.69, 9.17) is 0 Å². The second kappa shape index (κ2) is 13.3. The lowest BCUT2D eigenvalue weighted by atomic mass is 9.65. The molecule has 1 aromatic carbocycles. The minimum atomic E-state index is -0.798. The van der Waals surface area contributed by atoms with Gasteiger partial charge in [-0.15, -0.1) is 24.9 Å². The van der Waals surface area contributed by atoms with Crippen molar-refractivity contribution in [2.24, 2.45) is 29.1 Å². The van der Waals surface area contributed by atoms with Crippen LogP contribution < -0.4 is 4.90 Å². The van der Waals surface area contributed by atoms with Gasteiger partial charge in [-0.2, -0.15) is 0 Å². The second-order valence-electron chi connectivity index (χ2n) is 15.3. The van der Waals surface area contributed by atoms with Crippen molar-refractivity contribution >= 4 is 35.2 Å². The molecule has 3 fully saturated rings. The lowest BCUT2D eigenvalue weighted by Gasteiger charge is -2.48. The number of aliphatic hydroxyl groups excluding tert-OH is 1. The average Bonchev–Trinajstić information content (AvgIpc) is 3.57. The van der Waals surface area contributed by atoms with Crippen LogP contribution in [0.4, 0.5) is 5.69 Å². The van der Waals surface area contributed by atoms with Crippen LogP contribution in [0.15, 0.2) is 55.6 Å². The van der Waals surface area contributed by atoms with E-state index in [9.17, 15) is 14.7 Å². The SMILES string of the molecule is C=CCN(C(=O)[C@@H]1[C@H]2C(=O)N([C@@H](CO)[C@@H](C)CC)C(C(=O)N(CC=C)C(C)(C)CC(C)(C)C)C23S[C@@H]1CC3C)c1ccccc1. The van der Waals surface area contributed by atoms with E-state index in [0.717, 1.165) is 24.9 Å². The molecule has 3 unspecified atom stereocenters. The molecule has 0 radical (unpaired) electrons. The van der Waals surface area contributed by atoms with Crippen LogP contribution in [0, 0.1) is 29.1 Å². The fraction of sp³-hybridized carbons (Fsp3) is 0.649. The zero-order valence-electron chi connectivity index (χ0n) is 28.7. The predicted octanol–water partition coefficient (Wildman–Crippen LogP) is 6.18. The Labute approximate surface area is 275 Å². The Bertz CT molecular complexity index is 1280. The number of fused-ring (bicyclic) bond motifs is 1. The molecule has 4 rings (SSSR count). The lowest BCUT2D eigenvalue weighted by molar-refractivity contribution is -0.150. The third kappa shape index (κ3) is 6.14. The number of thioether (sulfide) groups is 1. The zero-order valence-corrected chi connectivity index (χ0v) is 29.5. The molecule has 0 aromatic heterocycles. The van der Waals surface area contributed by atoms with Gasteiger partial charge in [0.1, 0.15) is 6.04 Å². The summed E-state index contributed by atoms with van der Waals surface area (Å²) in [6.07, 6.45) is 5.73. The Balaban J connectivity index is 1.88. The van der Waals surface area contributed by atoms with Crippen LogP contribution in [-0.4, -0.2) is 79.9 Å². The number of anilines is 1. The van der Waals surface area contributed by atoms with Crippen molar-refractivity contribution in [1.82, 2.24) is 9.80 Å². The van der Waals surface area contributed by atoms with Crippen molar-refractivity contribution in [2.45, 2.75) is 102 Å². The molecule has 45 heavy (non-hydrogen) atoms. The topological polar surface area (TPSA) is 81.2 Å². The number of amides is 3. The molecule has 1 spiro atoms. The number of rotatable bonds is 13. The number of hydrogen-bond acceptors (Lipinski definition) is 5. The van der Waals surface area contributed by atoms with Crippen molar-refractivity contribution in [3.63, 3.8) is 0 Å². The monoisotopic (exact) mass is 637 g/mol. The molecule has 8 atom stereocenters. The summed E-state index contributed by atoms with van der Waals surface area (Å²) < 4.78 is -0.784. The fourth-order valence-corrected chi connectivity index (χ4v) is 11.1. The van der Waals surface area contributed by atoms with Crippen molar-refractivity contribution in [2.75, 3.05) is 24.6 Å². The van der Waals surface area contributed by atoms with E-state index in [1.54, 1.807) is 33.7 Å². The van der Waals surface area contributed by atoms with Crippen LogP contribution in [0.3, 0.4) is 0 Å². The normalized spacial score (nSPS) is 28.9. The van der Waals surface area contributed by atoms with E-state index in [2.05, 4.69) is 54.7 Å². The minimum Gasteiger partial charge on any atom is -0.394 e. The van der Waals surface area contributed by atoms with Gasteiger partial charge in [0.05, 0.1) is 29.2 Å². The quantitative estimate of drug-likeness (QED) is 0.262. The van der Waals surface area contributed by atoms with Crippen LogP contribution in [0.25, 0.3) is 0 Å². The molecule has 0 aliphatic carbocycles. The molecular weight excluding hydrogens is 582 g/mol. The molecule has 3 saturated heterocycles. The van der Waals surface area contributed by atoms with Crippen molar-refractivity contribution < 1.29 is 19.5 Å². The molecule has 3 amide bonds. The Morgan fingerprint density at radius 1 is 1.11 bits per heavy atom. The second-order valence-corrected chi connectivity index (χ2v) is 16.8. The van der Waals surface area contributed by atoms with Crippen molar-refractivity contribution in [3.8, 4) is 0 Å². The Morgan fingerprint density at radius 3 is 2.27 bits per heavy atom. The highest BCUT2D eigenvalue weighted by Crippen LogP contribution is 2.69. The summed E-state index contributed by atoms with van der Waals surface area (Å²) in [6, 6.07) is 8.20. The smallest absolute Gasteiger partial charge is 0.247 e. The number of carbonyl (C=O) groups excluding carboxylic acids is 3. The molecule has 3 aliphatic heterocycles. The summed E-state index contributed by atoms with van der Waals surface area (Å²) >= 11 is 1.68. The number of benzene rings is 1. The fourth-order valence-electron chi connectivity index (χ4n) is 8.74. The molecule has 7 nitrogen and oxygen atoms in total. The Morgan fingerprint density at radius 2 is 1.73 bits per heavy atom. The molecular formula is C37H55N3O4S. The largest absolute Gasteiger partial charge is 0.394 e. The van der Waals surface area contributed by atoms with Gasteiger partial charge in [0.25, 0.3) is 0 Å².